The summed E-state index contributed by atoms with van der Waals surface area (Å²) in [6, 6.07) is 16.3. The van der Waals surface area contributed by atoms with Crippen LogP contribution in [0.15, 0.2) is 54.6 Å². The van der Waals surface area contributed by atoms with E-state index in [1.165, 1.54) is 0 Å². The van der Waals surface area contributed by atoms with Crippen molar-refractivity contribution in [2.75, 3.05) is 13.1 Å². The number of ether oxygens (including phenoxy) is 3. The van der Waals surface area contributed by atoms with Gasteiger partial charge in [0, 0.05) is 12.8 Å². The summed E-state index contributed by atoms with van der Waals surface area (Å²) in [5.74, 6) is -0.0736. The highest BCUT2D eigenvalue weighted by Crippen LogP contribution is 2.34. The van der Waals surface area contributed by atoms with Crippen LogP contribution < -0.4 is 10.1 Å². The van der Waals surface area contributed by atoms with Crippen LogP contribution in [0.5, 0.6) is 5.75 Å². The summed E-state index contributed by atoms with van der Waals surface area (Å²) in [5, 5.41) is 2.24. The highest BCUT2D eigenvalue weighted by molar-refractivity contribution is 5.90. The van der Waals surface area contributed by atoms with Crippen LogP contribution in [0, 0.1) is 0 Å². The summed E-state index contributed by atoms with van der Waals surface area (Å²) in [7, 11) is 0. The minimum absolute atomic E-state index is 0.313. The van der Waals surface area contributed by atoms with Crippen molar-refractivity contribution in [1.82, 2.24) is 0 Å². The third kappa shape index (κ3) is 5.39. The molecule has 0 saturated carbocycles. The Labute approximate surface area is 177 Å². The molecule has 0 atom stereocenters. The average Bonchev–Trinajstić information content (AvgIpc) is 2.75. The first-order chi connectivity index (χ1) is 14.3. The van der Waals surface area contributed by atoms with Gasteiger partial charge in [0.25, 0.3) is 0 Å². The summed E-state index contributed by atoms with van der Waals surface area (Å²) in [6.45, 7) is 7.38. The Morgan fingerprint density at radius 2 is 1.63 bits per heavy atom. The molecule has 0 aliphatic carbocycles. The highest BCUT2D eigenvalue weighted by atomic mass is 16.7. The fourth-order valence-electron chi connectivity index (χ4n) is 3.44. The molecule has 0 radical (unpaired) electrons. The SMILES string of the molecule is CCC(C)(C)OC(=O)Oc1ccc(C(=O)OC2(c3ccccc3)CC[NH2+]CC2)cc1. The second kappa shape index (κ2) is 9.30. The largest absolute Gasteiger partial charge is 0.514 e. The normalized spacial score (nSPS) is 15.8. The van der Waals surface area contributed by atoms with Crippen LogP contribution in [0.4, 0.5) is 4.79 Å². The third-order valence-electron chi connectivity index (χ3n) is 5.59. The molecule has 0 unspecified atom stereocenters. The van der Waals surface area contributed by atoms with E-state index in [9.17, 15) is 9.59 Å². The zero-order valence-corrected chi connectivity index (χ0v) is 17.9. The van der Waals surface area contributed by atoms with Gasteiger partial charge in [-0.1, -0.05) is 37.3 Å². The molecule has 1 heterocycles. The van der Waals surface area contributed by atoms with Gasteiger partial charge in [-0.2, -0.15) is 0 Å². The molecule has 0 amide bonds. The maximum atomic E-state index is 12.9. The minimum Gasteiger partial charge on any atom is -0.450 e. The number of carbonyl (C=O) groups is 2. The Balaban J connectivity index is 1.68. The Bertz CT molecular complexity index is 855. The summed E-state index contributed by atoms with van der Waals surface area (Å²) >= 11 is 0. The molecule has 0 spiro atoms. The van der Waals surface area contributed by atoms with E-state index in [1.54, 1.807) is 24.3 Å². The lowest BCUT2D eigenvalue weighted by Gasteiger charge is -2.36. The van der Waals surface area contributed by atoms with Crippen molar-refractivity contribution in [3.63, 3.8) is 0 Å². The second-order valence-corrected chi connectivity index (χ2v) is 8.21. The number of piperidine rings is 1. The molecule has 3 rings (SSSR count). The predicted molar refractivity (Wildman–Crippen MR) is 112 cm³/mol. The van der Waals surface area contributed by atoms with Crippen LogP contribution in [0.3, 0.4) is 0 Å². The van der Waals surface area contributed by atoms with Crippen molar-refractivity contribution in [2.24, 2.45) is 0 Å². The molecule has 2 aromatic carbocycles. The number of carbonyl (C=O) groups excluding carboxylic acids is 2. The monoisotopic (exact) mass is 412 g/mol. The number of nitrogens with two attached hydrogens (primary N) is 1. The summed E-state index contributed by atoms with van der Waals surface area (Å²) in [5.41, 5.74) is 0.226. The van der Waals surface area contributed by atoms with E-state index in [4.69, 9.17) is 14.2 Å². The number of hydrogen-bond acceptors (Lipinski definition) is 5. The fraction of sp³-hybridized carbons (Fsp3) is 0.417. The van der Waals surface area contributed by atoms with Gasteiger partial charge in [0.05, 0.1) is 18.7 Å². The van der Waals surface area contributed by atoms with Crippen molar-refractivity contribution in [2.45, 2.75) is 51.2 Å². The van der Waals surface area contributed by atoms with E-state index in [-0.39, 0.29) is 5.97 Å². The molecule has 1 fully saturated rings. The van der Waals surface area contributed by atoms with Gasteiger partial charge in [-0.15, -0.1) is 0 Å². The molecule has 1 aliphatic heterocycles. The molecular weight excluding hydrogens is 382 g/mol. The van der Waals surface area contributed by atoms with Crippen LogP contribution in [-0.4, -0.2) is 30.8 Å². The van der Waals surface area contributed by atoms with Crippen LogP contribution in [0.2, 0.25) is 0 Å². The Morgan fingerprint density at radius 1 is 1.00 bits per heavy atom. The lowest BCUT2D eigenvalue weighted by Crippen LogP contribution is -2.87. The smallest absolute Gasteiger partial charge is 0.450 e. The highest BCUT2D eigenvalue weighted by Gasteiger charge is 2.39. The van der Waals surface area contributed by atoms with Gasteiger partial charge in [0.2, 0.25) is 0 Å². The zero-order chi connectivity index (χ0) is 21.6. The summed E-state index contributed by atoms with van der Waals surface area (Å²) < 4.78 is 16.5. The molecule has 2 aromatic rings. The van der Waals surface area contributed by atoms with Gasteiger partial charge >= 0.3 is 12.1 Å². The number of hydrogen-bond donors (Lipinski definition) is 1. The quantitative estimate of drug-likeness (QED) is 0.577. The van der Waals surface area contributed by atoms with Gasteiger partial charge in [-0.05, 0) is 50.1 Å². The zero-order valence-electron chi connectivity index (χ0n) is 17.9. The molecule has 2 N–H and O–H groups in total. The molecule has 30 heavy (non-hydrogen) atoms. The number of quaternary nitrogens is 1. The van der Waals surface area contributed by atoms with Crippen LogP contribution in [0.25, 0.3) is 0 Å². The molecule has 6 nitrogen and oxygen atoms in total. The van der Waals surface area contributed by atoms with Crippen molar-refractivity contribution in [1.29, 1.82) is 0 Å². The second-order valence-electron chi connectivity index (χ2n) is 8.21. The van der Waals surface area contributed by atoms with E-state index >= 15 is 0 Å². The molecule has 0 aromatic heterocycles. The molecular formula is C24H30NO5+. The molecule has 1 aliphatic rings. The summed E-state index contributed by atoms with van der Waals surface area (Å²) in [4.78, 5) is 24.8. The molecule has 160 valence electrons. The third-order valence-corrected chi connectivity index (χ3v) is 5.59. The van der Waals surface area contributed by atoms with E-state index in [1.807, 2.05) is 51.1 Å². The lowest BCUT2D eigenvalue weighted by atomic mass is 9.84. The Hall–Kier alpha value is -2.86. The van der Waals surface area contributed by atoms with Crippen molar-refractivity contribution in [3.05, 3.63) is 65.7 Å². The van der Waals surface area contributed by atoms with Gasteiger partial charge in [0.1, 0.15) is 17.0 Å². The first-order valence-electron chi connectivity index (χ1n) is 10.4. The van der Waals surface area contributed by atoms with Gasteiger partial charge in [0.15, 0.2) is 0 Å². The van der Waals surface area contributed by atoms with E-state index < -0.39 is 17.4 Å². The van der Waals surface area contributed by atoms with Gasteiger partial charge in [-0.3, -0.25) is 0 Å². The topological polar surface area (TPSA) is 78.4 Å². The number of rotatable bonds is 6. The minimum atomic E-state index is -0.765. The van der Waals surface area contributed by atoms with Crippen LogP contribution in [-0.2, 0) is 15.1 Å². The van der Waals surface area contributed by atoms with E-state index in [2.05, 4.69) is 5.32 Å². The number of esters is 1. The van der Waals surface area contributed by atoms with E-state index in [0.717, 1.165) is 31.5 Å². The average molecular weight is 413 g/mol. The number of benzene rings is 2. The van der Waals surface area contributed by atoms with Crippen molar-refractivity contribution < 1.29 is 29.1 Å². The molecule has 6 heteroatoms. The predicted octanol–water partition coefficient (Wildman–Crippen LogP) is 3.80. The standard InChI is InChI=1S/C24H29NO5/c1-4-23(2,3)30-22(27)28-20-12-10-18(11-13-20)21(26)29-24(14-16-25-17-15-24)19-8-6-5-7-9-19/h5-13,25H,4,14-17H2,1-3H3/p+1. The van der Waals surface area contributed by atoms with Crippen molar-refractivity contribution in [3.8, 4) is 5.75 Å². The first kappa shape index (κ1) is 21.8. The van der Waals surface area contributed by atoms with Crippen LogP contribution >= 0.6 is 0 Å². The first-order valence-corrected chi connectivity index (χ1v) is 10.4. The lowest BCUT2D eigenvalue weighted by molar-refractivity contribution is -0.668. The Kier molecular flexibility index (Phi) is 6.77. The molecule has 1 saturated heterocycles. The summed E-state index contributed by atoms with van der Waals surface area (Å²) in [6.07, 6.45) is 1.44. The van der Waals surface area contributed by atoms with Gasteiger partial charge < -0.3 is 19.5 Å². The van der Waals surface area contributed by atoms with Crippen LogP contribution in [0.1, 0.15) is 56.0 Å². The Morgan fingerprint density at radius 3 is 2.23 bits per heavy atom. The van der Waals surface area contributed by atoms with Gasteiger partial charge in [-0.25, -0.2) is 9.59 Å². The maximum absolute atomic E-state index is 12.9. The fourth-order valence-corrected chi connectivity index (χ4v) is 3.44. The van der Waals surface area contributed by atoms with E-state index in [0.29, 0.717) is 17.7 Å². The van der Waals surface area contributed by atoms with Crippen molar-refractivity contribution >= 4 is 12.1 Å². The molecule has 0 bridgehead atoms. The maximum Gasteiger partial charge on any atom is 0.514 e.